The lowest BCUT2D eigenvalue weighted by molar-refractivity contribution is 0.112. The van der Waals surface area contributed by atoms with E-state index < -0.39 is 0 Å². The molecule has 1 aliphatic heterocycles. The molecule has 0 saturated heterocycles. The molecule has 0 radical (unpaired) electrons. The van der Waals surface area contributed by atoms with Gasteiger partial charge in [0.05, 0.1) is 22.7 Å². The summed E-state index contributed by atoms with van der Waals surface area (Å²) in [6, 6.07) is 9.78. The predicted molar refractivity (Wildman–Crippen MR) is 121 cm³/mol. The summed E-state index contributed by atoms with van der Waals surface area (Å²) in [6.45, 7) is 5.18. The number of nitrogens with two attached hydrogens (primary N) is 1. The molecule has 0 unspecified atom stereocenters. The van der Waals surface area contributed by atoms with E-state index >= 15 is 0 Å². The number of benzene rings is 1. The van der Waals surface area contributed by atoms with Crippen molar-refractivity contribution in [2.45, 2.75) is 13.8 Å². The molecule has 2 heterocycles. The molecular weight excluding hydrogens is 372 g/mol. The number of hydrogen-bond acceptors (Lipinski definition) is 7. The van der Waals surface area contributed by atoms with Crippen molar-refractivity contribution in [2.75, 3.05) is 31.2 Å². The zero-order valence-electron chi connectivity index (χ0n) is 16.5. The van der Waals surface area contributed by atoms with Crippen molar-refractivity contribution in [1.82, 2.24) is 5.32 Å². The third-order valence-electron chi connectivity index (χ3n) is 3.47. The quantitative estimate of drug-likeness (QED) is 0.582. The molecular formula is C21H28N4O2S. The number of carbonyl (C=O) groups is 1. The van der Waals surface area contributed by atoms with Crippen molar-refractivity contribution in [1.29, 1.82) is 0 Å². The Hall–Kier alpha value is -2.90. The first-order valence-corrected chi connectivity index (χ1v) is 9.86. The van der Waals surface area contributed by atoms with Crippen LogP contribution in [-0.4, -0.2) is 37.4 Å². The maximum atomic E-state index is 11.3. The Morgan fingerprint density at radius 2 is 1.86 bits per heavy atom. The highest BCUT2D eigenvalue weighted by molar-refractivity contribution is 7.18. The van der Waals surface area contributed by atoms with Gasteiger partial charge in [-0.2, -0.15) is 0 Å². The van der Waals surface area contributed by atoms with Crippen molar-refractivity contribution in [3.8, 4) is 0 Å². The van der Waals surface area contributed by atoms with Crippen LogP contribution in [0.5, 0.6) is 0 Å². The van der Waals surface area contributed by atoms with Crippen LogP contribution in [0.2, 0.25) is 0 Å². The molecule has 0 atom stereocenters. The molecule has 0 bridgehead atoms. The van der Waals surface area contributed by atoms with Crippen LogP contribution in [0.15, 0.2) is 59.6 Å². The highest BCUT2D eigenvalue weighted by Gasteiger charge is 2.20. The lowest BCUT2D eigenvalue weighted by Crippen LogP contribution is -2.26. The Kier molecular flexibility index (Phi) is 11.0. The van der Waals surface area contributed by atoms with Crippen LogP contribution in [0.4, 0.5) is 16.4 Å². The Morgan fingerprint density at radius 3 is 2.54 bits per heavy atom. The first-order valence-electron chi connectivity index (χ1n) is 9.04. The van der Waals surface area contributed by atoms with Crippen LogP contribution >= 0.6 is 11.3 Å². The molecule has 0 saturated carbocycles. The summed E-state index contributed by atoms with van der Waals surface area (Å²) in [4.78, 5) is 16.4. The van der Waals surface area contributed by atoms with Crippen LogP contribution in [0, 0.1) is 0 Å². The molecule has 2 aromatic rings. The number of thiophene rings is 1. The number of hydrogen-bond donors (Lipinski definition) is 4. The molecule has 7 heteroatoms. The molecule has 1 aromatic heterocycles. The number of aliphatic hydroxyl groups excluding tert-OH is 1. The minimum Gasteiger partial charge on any atom is -0.400 e. The third-order valence-corrected chi connectivity index (χ3v) is 4.52. The van der Waals surface area contributed by atoms with E-state index in [1.54, 1.807) is 0 Å². The summed E-state index contributed by atoms with van der Waals surface area (Å²) in [6.07, 6.45) is 8.70. The van der Waals surface area contributed by atoms with Gasteiger partial charge in [-0.3, -0.25) is 9.79 Å². The zero-order valence-corrected chi connectivity index (χ0v) is 17.3. The molecule has 3 rings (SSSR count). The van der Waals surface area contributed by atoms with E-state index in [-0.39, 0.29) is 0 Å². The largest absolute Gasteiger partial charge is 0.400 e. The van der Waals surface area contributed by atoms with Crippen LogP contribution in [-0.2, 0) is 0 Å². The average Bonchev–Trinajstić information content (AvgIpc) is 3.13. The number of aldehydes is 1. The Labute approximate surface area is 170 Å². The Balaban J connectivity index is 0.000000921. The minimum atomic E-state index is 0.451. The van der Waals surface area contributed by atoms with Crippen LogP contribution in [0.3, 0.4) is 0 Å². The van der Waals surface area contributed by atoms with Gasteiger partial charge in [0.15, 0.2) is 6.29 Å². The van der Waals surface area contributed by atoms with E-state index in [1.807, 2.05) is 68.5 Å². The first-order chi connectivity index (χ1) is 13.8. The van der Waals surface area contributed by atoms with Gasteiger partial charge in [0.25, 0.3) is 0 Å². The smallest absolute Gasteiger partial charge is 0.162 e. The van der Waals surface area contributed by atoms with Gasteiger partial charge < -0.3 is 21.5 Å². The molecule has 6 nitrogen and oxygen atoms in total. The molecule has 1 aromatic carbocycles. The molecule has 0 aliphatic carbocycles. The minimum absolute atomic E-state index is 0.451. The normalized spacial score (nSPS) is 14.8. The SMILES string of the molecule is CC.CO.Nc1c(C=O)sc(Nc2ccccc2)c1C1=NC/C=C\C=C/CN1. The molecule has 28 heavy (non-hydrogen) atoms. The molecule has 0 spiro atoms. The fourth-order valence-corrected chi connectivity index (χ4v) is 3.29. The third kappa shape index (κ3) is 6.37. The first kappa shape index (κ1) is 23.1. The maximum Gasteiger partial charge on any atom is 0.162 e. The second kappa shape index (κ2) is 13.3. The highest BCUT2D eigenvalue weighted by Crippen LogP contribution is 2.36. The number of amidine groups is 1. The molecule has 150 valence electrons. The lowest BCUT2D eigenvalue weighted by atomic mass is 10.2. The molecule has 1 aliphatic rings. The molecule has 5 N–H and O–H groups in total. The lowest BCUT2D eigenvalue weighted by Gasteiger charge is -2.12. The van der Waals surface area contributed by atoms with E-state index in [4.69, 9.17) is 10.8 Å². The number of nitrogen functional groups attached to an aromatic ring is 1. The summed E-state index contributed by atoms with van der Waals surface area (Å²) < 4.78 is 0. The summed E-state index contributed by atoms with van der Waals surface area (Å²) in [5, 5.41) is 14.4. The zero-order chi connectivity index (χ0) is 20.8. The second-order valence-electron chi connectivity index (χ2n) is 5.12. The maximum absolute atomic E-state index is 11.3. The standard InChI is InChI=1S/C18H18N4OS.C2H6.CH4O/c19-16-14(12-23)24-18(22-13-8-4-3-5-9-13)15(16)17-20-10-6-1-2-7-11-21-17;2*1-2/h1-9,12,22H,10-11,19H2,(H,20,21);1-2H3;2H,1H3/b6-1-,7-2-;;. The number of rotatable bonds is 4. The van der Waals surface area contributed by atoms with E-state index in [9.17, 15) is 4.79 Å². The van der Waals surface area contributed by atoms with Crippen molar-refractivity contribution in [2.24, 2.45) is 4.99 Å². The van der Waals surface area contributed by atoms with Crippen molar-refractivity contribution < 1.29 is 9.90 Å². The van der Waals surface area contributed by atoms with Gasteiger partial charge >= 0.3 is 0 Å². The topological polar surface area (TPSA) is 99.7 Å². The van der Waals surface area contributed by atoms with Crippen molar-refractivity contribution in [3.63, 3.8) is 0 Å². The predicted octanol–water partition coefficient (Wildman–Crippen LogP) is 3.98. The van der Waals surface area contributed by atoms with Crippen molar-refractivity contribution >= 4 is 39.8 Å². The summed E-state index contributed by atoms with van der Waals surface area (Å²) in [7, 11) is 1.00. The number of anilines is 3. The van der Waals surface area contributed by atoms with E-state index in [2.05, 4.69) is 15.6 Å². The number of aliphatic hydroxyl groups is 1. The number of aliphatic imine (C=N–C) groups is 1. The van der Waals surface area contributed by atoms with E-state index in [0.29, 0.717) is 29.5 Å². The molecule has 0 amide bonds. The fourth-order valence-electron chi connectivity index (χ4n) is 2.33. The Bertz CT molecular complexity index is 811. The number of carbonyl (C=O) groups excluding carboxylic acids is 1. The van der Waals surface area contributed by atoms with Gasteiger partial charge in [-0.15, -0.1) is 11.3 Å². The van der Waals surface area contributed by atoms with Gasteiger partial charge in [-0.05, 0) is 12.1 Å². The van der Waals surface area contributed by atoms with Gasteiger partial charge in [-0.25, -0.2) is 0 Å². The van der Waals surface area contributed by atoms with E-state index in [0.717, 1.165) is 29.6 Å². The van der Waals surface area contributed by atoms with Crippen LogP contribution in [0.1, 0.15) is 29.1 Å². The Morgan fingerprint density at radius 1 is 1.18 bits per heavy atom. The van der Waals surface area contributed by atoms with E-state index in [1.165, 1.54) is 11.3 Å². The van der Waals surface area contributed by atoms with Gasteiger partial charge in [0.1, 0.15) is 10.8 Å². The number of nitrogens with zero attached hydrogens (tertiary/aromatic N) is 1. The van der Waals surface area contributed by atoms with Crippen LogP contribution < -0.4 is 16.4 Å². The second-order valence-corrected chi connectivity index (χ2v) is 6.17. The molecule has 0 fully saturated rings. The number of allylic oxidation sites excluding steroid dienone is 2. The monoisotopic (exact) mass is 400 g/mol. The number of nitrogens with one attached hydrogen (secondary N) is 2. The summed E-state index contributed by atoms with van der Waals surface area (Å²) in [5.74, 6) is 0.687. The fraction of sp³-hybridized carbons (Fsp3) is 0.238. The summed E-state index contributed by atoms with van der Waals surface area (Å²) in [5.41, 5.74) is 8.34. The number of para-hydroxylation sites is 1. The average molecular weight is 401 g/mol. The van der Waals surface area contributed by atoms with Crippen LogP contribution in [0.25, 0.3) is 0 Å². The van der Waals surface area contributed by atoms with Crippen molar-refractivity contribution in [3.05, 3.63) is 65.1 Å². The van der Waals surface area contributed by atoms with Gasteiger partial charge in [-0.1, -0.05) is 56.4 Å². The van der Waals surface area contributed by atoms with Gasteiger partial charge in [0.2, 0.25) is 0 Å². The summed E-state index contributed by atoms with van der Waals surface area (Å²) >= 11 is 1.33. The van der Waals surface area contributed by atoms with Gasteiger partial charge in [0, 0.05) is 19.3 Å². The highest BCUT2D eigenvalue weighted by atomic mass is 32.1.